The van der Waals surface area contributed by atoms with Crippen molar-refractivity contribution in [3.8, 4) is 11.3 Å². The van der Waals surface area contributed by atoms with E-state index in [2.05, 4.69) is 51.6 Å². The summed E-state index contributed by atoms with van der Waals surface area (Å²) in [5.41, 5.74) is 5.46. The molecule has 0 saturated carbocycles. The Morgan fingerprint density at radius 3 is 2.62 bits per heavy atom. The van der Waals surface area contributed by atoms with Gasteiger partial charge < -0.3 is 14.2 Å². The Balaban J connectivity index is 1.73. The fourth-order valence-corrected chi connectivity index (χ4v) is 4.23. The van der Waals surface area contributed by atoms with Crippen molar-refractivity contribution in [2.45, 2.75) is 26.4 Å². The molecule has 4 heterocycles. The van der Waals surface area contributed by atoms with Gasteiger partial charge in [-0.2, -0.15) is 5.10 Å². The second-order valence-corrected chi connectivity index (χ2v) is 8.55. The molecule has 172 valence electrons. The lowest BCUT2D eigenvalue weighted by atomic mass is 10.1. The maximum absolute atomic E-state index is 12.5. The number of fused-ring (bicyclic) bond motifs is 2. The average molecular weight is 455 g/mol. The van der Waals surface area contributed by atoms with Crippen molar-refractivity contribution in [2.75, 3.05) is 19.1 Å². The summed E-state index contributed by atoms with van der Waals surface area (Å²) in [6.45, 7) is 4.92. The van der Waals surface area contributed by atoms with Gasteiger partial charge in [0.15, 0.2) is 11.3 Å². The average Bonchev–Trinajstić information content (AvgIpc) is 3.45. The van der Waals surface area contributed by atoms with Crippen LogP contribution in [0.2, 0.25) is 0 Å². The molecule has 4 aromatic heterocycles. The Labute approximate surface area is 197 Å². The lowest BCUT2D eigenvalue weighted by molar-refractivity contribution is 0.0591. The van der Waals surface area contributed by atoms with Gasteiger partial charge in [0.2, 0.25) is 0 Å². The predicted molar refractivity (Wildman–Crippen MR) is 132 cm³/mol. The molecule has 0 aliphatic heterocycles. The van der Waals surface area contributed by atoms with Gasteiger partial charge in [0.1, 0.15) is 5.65 Å². The first-order chi connectivity index (χ1) is 16.5. The van der Waals surface area contributed by atoms with Gasteiger partial charge in [-0.15, -0.1) is 0 Å². The van der Waals surface area contributed by atoms with Crippen molar-refractivity contribution in [2.24, 2.45) is 0 Å². The maximum atomic E-state index is 12.5. The number of hydrogen-bond acceptors (Lipinski definition) is 6. The minimum atomic E-state index is -0.486. The van der Waals surface area contributed by atoms with Gasteiger partial charge >= 0.3 is 5.97 Å². The topological polar surface area (TPSA) is 77.5 Å². The quantitative estimate of drug-likeness (QED) is 0.345. The van der Waals surface area contributed by atoms with Crippen molar-refractivity contribution in [1.29, 1.82) is 0 Å². The van der Waals surface area contributed by atoms with Crippen LogP contribution in [-0.2, 0) is 11.3 Å². The van der Waals surface area contributed by atoms with E-state index in [0.717, 1.165) is 28.0 Å². The summed E-state index contributed by atoms with van der Waals surface area (Å²) in [7, 11) is 3.37. The molecular formula is C26H26N6O2. The SMILES string of the molecule is COC(=O)c1cnc2c(N(C)Cc3ccccc3)cc(-c3cn(C(C)C)c4ncccc34)nn12. The van der Waals surface area contributed by atoms with Gasteiger partial charge in [0, 0.05) is 43.0 Å². The van der Waals surface area contributed by atoms with Crippen LogP contribution in [0.4, 0.5) is 5.69 Å². The summed E-state index contributed by atoms with van der Waals surface area (Å²) in [6.07, 6.45) is 5.38. The van der Waals surface area contributed by atoms with E-state index in [1.54, 1.807) is 10.7 Å². The predicted octanol–water partition coefficient (Wildman–Crippen LogP) is 4.75. The largest absolute Gasteiger partial charge is 0.464 e. The minimum absolute atomic E-state index is 0.231. The summed E-state index contributed by atoms with van der Waals surface area (Å²) < 4.78 is 8.70. The number of anilines is 1. The van der Waals surface area contributed by atoms with E-state index in [-0.39, 0.29) is 11.7 Å². The van der Waals surface area contributed by atoms with Crippen LogP contribution in [0.5, 0.6) is 0 Å². The van der Waals surface area contributed by atoms with Crippen molar-refractivity contribution < 1.29 is 9.53 Å². The monoisotopic (exact) mass is 454 g/mol. The van der Waals surface area contributed by atoms with Gasteiger partial charge in [-0.25, -0.2) is 19.3 Å². The maximum Gasteiger partial charge on any atom is 0.358 e. The van der Waals surface area contributed by atoms with Crippen LogP contribution >= 0.6 is 0 Å². The number of hydrogen-bond donors (Lipinski definition) is 0. The van der Waals surface area contributed by atoms with Crippen LogP contribution in [0.25, 0.3) is 27.9 Å². The molecule has 0 bridgehead atoms. The molecule has 0 fully saturated rings. The molecule has 8 heteroatoms. The number of imidazole rings is 1. The molecule has 0 radical (unpaired) electrons. The van der Waals surface area contributed by atoms with Crippen LogP contribution in [0.1, 0.15) is 35.9 Å². The molecule has 0 aliphatic rings. The standard InChI is InChI=1S/C26H26N6O2/c1-17(2)31-16-20(19-11-8-12-27-24(19)31)21-13-22(30(3)15-18-9-6-5-7-10-18)25-28-14-23(26(33)34-4)32(25)29-21/h5-14,16-17H,15H2,1-4H3. The first-order valence-corrected chi connectivity index (χ1v) is 11.2. The Bertz CT molecular complexity index is 1490. The molecule has 0 unspecified atom stereocenters. The van der Waals surface area contributed by atoms with E-state index in [9.17, 15) is 4.79 Å². The number of nitrogens with zero attached hydrogens (tertiary/aromatic N) is 6. The molecule has 5 aromatic rings. The highest BCUT2D eigenvalue weighted by molar-refractivity contribution is 5.95. The molecule has 1 aromatic carbocycles. The normalized spacial score (nSPS) is 11.4. The minimum Gasteiger partial charge on any atom is -0.464 e. The Morgan fingerprint density at radius 2 is 1.88 bits per heavy atom. The fraction of sp³-hybridized carbons (Fsp3) is 0.231. The van der Waals surface area contributed by atoms with Gasteiger partial charge in [-0.1, -0.05) is 30.3 Å². The highest BCUT2D eigenvalue weighted by Crippen LogP contribution is 2.33. The van der Waals surface area contributed by atoms with Gasteiger partial charge in [-0.3, -0.25) is 0 Å². The molecule has 0 atom stereocenters. The van der Waals surface area contributed by atoms with Crippen molar-refractivity contribution >= 4 is 28.3 Å². The highest BCUT2D eigenvalue weighted by Gasteiger charge is 2.22. The summed E-state index contributed by atoms with van der Waals surface area (Å²) >= 11 is 0. The van der Waals surface area contributed by atoms with Crippen molar-refractivity contribution in [3.05, 3.63) is 78.4 Å². The number of pyridine rings is 1. The Morgan fingerprint density at radius 1 is 1.09 bits per heavy atom. The Kier molecular flexibility index (Phi) is 5.49. The smallest absolute Gasteiger partial charge is 0.358 e. The molecule has 0 aliphatic carbocycles. The van der Waals surface area contributed by atoms with E-state index in [1.807, 2.05) is 43.4 Å². The van der Waals surface area contributed by atoms with Gasteiger partial charge in [0.05, 0.1) is 24.7 Å². The third-order valence-corrected chi connectivity index (χ3v) is 5.94. The fourth-order valence-electron chi connectivity index (χ4n) is 4.23. The molecule has 34 heavy (non-hydrogen) atoms. The zero-order valence-corrected chi connectivity index (χ0v) is 19.6. The number of ether oxygens (including phenoxy) is 1. The second kappa shape index (κ2) is 8.62. The van der Waals surface area contributed by atoms with E-state index < -0.39 is 5.97 Å². The number of esters is 1. The lowest BCUT2D eigenvalue weighted by Crippen LogP contribution is -2.18. The molecule has 0 amide bonds. The third-order valence-electron chi connectivity index (χ3n) is 5.94. The van der Waals surface area contributed by atoms with Crippen LogP contribution in [0.15, 0.2) is 67.1 Å². The first kappa shape index (κ1) is 21.6. The molecule has 0 spiro atoms. The summed E-state index contributed by atoms with van der Waals surface area (Å²) in [5, 5.41) is 5.83. The summed E-state index contributed by atoms with van der Waals surface area (Å²) in [4.78, 5) is 23.7. The van der Waals surface area contributed by atoms with Gasteiger partial charge in [0.25, 0.3) is 0 Å². The number of methoxy groups -OCH3 is 1. The van der Waals surface area contributed by atoms with Crippen LogP contribution < -0.4 is 4.90 Å². The van der Waals surface area contributed by atoms with Crippen LogP contribution in [0.3, 0.4) is 0 Å². The van der Waals surface area contributed by atoms with Crippen molar-refractivity contribution in [1.82, 2.24) is 24.1 Å². The molecule has 0 N–H and O–H groups in total. The van der Waals surface area contributed by atoms with E-state index in [4.69, 9.17) is 9.84 Å². The zero-order valence-electron chi connectivity index (χ0n) is 19.6. The number of rotatable bonds is 6. The van der Waals surface area contributed by atoms with E-state index in [1.165, 1.54) is 18.9 Å². The number of carbonyl (C=O) groups excluding carboxylic acids is 1. The number of aromatic nitrogens is 5. The first-order valence-electron chi connectivity index (χ1n) is 11.2. The third kappa shape index (κ3) is 3.67. The van der Waals surface area contributed by atoms with Crippen LogP contribution in [0, 0.1) is 0 Å². The van der Waals surface area contributed by atoms with Crippen molar-refractivity contribution in [3.63, 3.8) is 0 Å². The molecular weight excluding hydrogens is 428 g/mol. The Hall–Kier alpha value is -4.20. The molecule has 0 saturated heterocycles. The molecule has 8 nitrogen and oxygen atoms in total. The second-order valence-electron chi connectivity index (χ2n) is 8.55. The zero-order chi connectivity index (χ0) is 23.8. The van der Waals surface area contributed by atoms with E-state index in [0.29, 0.717) is 12.2 Å². The molecule has 5 rings (SSSR count). The van der Waals surface area contributed by atoms with Crippen LogP contribution in [-0.4, -0.2) is 44.3 Å². The number of carbonyl (C=O) groups is 1. The highest BCUT2D eigenvalue weighted by atomic mass is 16.5. The summed E-state index contributed by atoms with van der Waals surface area (Å²) in [6, 6.07) is 16.5. The van der Waals surface area contributed by atoms with E-state index >= 15 is 0 Å². The van der Waals surface area contributed by atoms with Gasteiger partial charge in [-0.05, 0) is 37.6 Å². The number of benzene rings is 1. The lowest BCUT2D eigenvalue weighted by Gasteiger charge is -2.21. The summed E-state index contributed by atoms with van der Waals surface area (Å²) in [5.74, 6) is -0.486.